The van der Waals surface area contributed by atoms with Gasteiger partial charge in [-0.2, -0.15) is 0 Å². The van der Waals surface area contributed by atoms with Crippen molar-refractivity contribution >= 4 is 15.9 Å². The molecule has 1 rings (SSSR count). The molecule has 0 atom stereocenters. The first-order chi connectivity index (χ1) is 7.30. The quantitative estimate of drug-likeness (QED) is 0.697. The summed E-state index contributed by atoms with van der Waals surface area (Å²) in [7, 11) is -3.76. The van der Waals surface area contributed by atoms with Crippen LogP contribution < -0.4 is 10.5 Å². The SMILES string of the molecule is CC(C)CNC(=O)c1cc(S(N)(=O)=O)c[nH]1. The van der Waals surface area contributed by atoms with Crippen molar-refractivity contribution in [3.63, 3.8) is 0 Å². The Kier molecular flexibility index (Phi) is 3.71. The summed E-state index contributed by atoms with van der Waals surface area (Å²) < 4.78 is 21.9. The van der Waals surface area contributed by atoms with Crippen molar-refractivity contribution in [2.24, 2.45) is 11.1 Å². The van der Waals surface area contributed by atoms with E-state index >= 15 is 0 Å². The molecule has 0 aromatic carbocycles. The number of carbonyl (C=O) groups excluding carboxylic acids is 1. The number of hydrogen-bond donors (Lipinski definition) is 3. The fraction of sp³-hybridized carbons (Fsp3) is 0.444. The third-order valence-electron chi connectivity index (χ3n) is 1.90. The van der Waals surface area contributed by atoms with Gasteiger partial charge in [-0.25, -0.2) is 13.6 Å². The molecule has 0 fully saturated rings. The first-order valence-corrected chi connectivity index (χ1v) is 6.34. The maximum absolute atomic E-state index is 11.5. The lowest BCUT2D eigenvalue weighted by atomic mass is 10.2. The maximum Gasteiger partial charge on any atom is 0.267 e. The average molecular weight is 245 g/mol. The van der Waals surface area contributed by atoms with Crippen molar-refractivity contribution in [3.8, 4) is 0 Å². The van der Waals surface area contributed by atoms with Gasteiger partial charge in [-0.3, -0.25) is 4.79 Å². The number of aromatic nitrogens is 1. The van der Waals surface area contributed by atoms with Gasteiger partial charge in [0.05, 0.1) is 4.90 Å². The highest BCUT2D eigenvalue weighted by atomic mass is 32.2. The Morgan fingerprint density at radius 1 is 1.56 bits per heavy atom. The zero-order valence-corrected chi connectivity index (χ0v) is 9.97. The topological polar surface area (TPSA) is 105 Å². The molecule has 0 aliphatic carbocycles. The van der Waals surface area contributed by atoms with E-state index in [4.69, 9.17) is 5.14 Å². The number of H-pyrrole nitrogens is 1. The molecule has 1 aromatic rings. The first-order valence-electron chi connectivity index (χ1n) is 4.80. The number of aromatic amines is 1. The lowest BCUT2D eigenvalue weighted by molar-refractivity contribution is 0.0944. The fourth-order valence-electron chi connectivity index (χ4n) is 1.06. The third kappa shape index (κ3) is 3.35. The summed E-state index contributed by atoms with van der Waals surface area (Å²) in [6.07, 6.45) is 1.19. The Hall–Kier alpha value is -1.34. The van der Waals surface area contributed by atoms with Gasteiger partial charge in [-0.1, -0.05) is 13.8 Å². The zero-order chi connectivity index (χ0) is 12.3. The number of hydrogen-bond acceptors (Lipinski definition) is 3. The molecule has 0 bridgehead atoms. The van der Waals surface area contributed by atoms with Gasteiger partial charge in [0, 0.05) is 12.7 Å². The van der Waals surface area contributed by atoms with Crippen molar-refractivity contribution < 1.29 is 13.2 Å². The zero-order valence-electron chi connectivity index (χ0n) is 9.15. The molecule has 16 heavy (non-hydrogen) atoms. The van der Waals surface area contributed by atoms with Gasteiger partial charge >= 0.3 is 0 Å². The summed E-state index contributed by atoms with van der Waals surface area (Å²) in [6, 6.07) is 1.21. The minimum absolute atomic E-state index is 0.0952. The molecule has 0 aliphatic heterocycles. The van der Waals surface area contributed by atoms with Gasteiger partial charge < -0.3 is 10.3 Å². The summed E-state index contributed by atoms with van der Waals surface area (Å²) in [5.41, 5.74) is 0.185. The summed E-state index contributed by atoms with van der Waals surface area (Å²) in [4.78, 5) is 14.0. The van der Waals surface area contributed by atoms with E-state index in [1.165, 1.54) is 12.3 Å². The van der Waals surface area contributed by atoms with Crippen LogP contribution in [0.1, 0.15) is 24.3 Å². The van der Waals surface area contributed by atoms with Gasteiger partial charge in [-0.15, -0.1) is 0 Å². The molecule has 0 saturated heterocycles. The second kappa shape index (κ2) is 4.67. The van der Waals surface area contributed by atoms with Crippen molar-refractivity contribution in [1.82, 2.24) is 10.3 Å². The second-order valence-electron chi connectivity index (χ2n) is 3.90. The van der Waals surface area contributed by atoms with Crippen LogP contribution in [-0.4, -0.2) is 25.9 Å². The van der Waals surface area contributed by atoms with Crippen molar-refractivity contribution in [3.05, 3.63) is 18.0 Å². The first kappa shape index (κ1) is 12.7. The number of sulfonamides is 1. The summed E-state index contributed by atoms with van der Waals surface area (Å²) >= 11 is 0. The third-order valence-corrected chi connectivity index (χ3v) is 2.79. The van der Waals surface area contributed by atoms with Crippen LogP contribution in [0.15, 0.2) is 17.2 Å². The van der Waals surface area contributed by atoms with Gasteiger partial charge in [0.2, 0.25) is 10.0 Å². The molecule has 6 nitrogen and oxygen atoms in total. The minimum Gasteiger partial charge on any atom is -0.356 e. The molecule has 1 heterocycles. The molecule has 0 aliphatic rings. The minimum atomic E-state index is -3.76. The average Bonchev–Trinajstić information content (AvgIpc) is 2.61. The van der Waals surface area contributed by atoms with Crippen molar-refractivity contribution in [2.75, 3.05) is 6.54 Å². The molecule has 1 amide bonds. The summed E-state index contributed by atoms with van der Waals surface area (Å²) in [5, 5.41) is 7.57. The van der Waals surface area contributed by atoms with Crippen molar-refractivity contribution in [1.29, 1.82) is 0 Å². The number of nitrogens with one attached hydrogen (secondary N) is 2. The molecule has 1 aromatic heterocycles. The van der Waals surface area contributed by atoms with Gasteiger partial charge in [0.25, 0.3) is 5.91 Å². The molecular formula is C9H15N3O3S. The monoisotopic (exact) mass is 245 g/mol. The highest BCUT2D eigenvalue weighted by molar-refractivity contribution is 7.89. The molecule has 0 unspecified atom stereocenters. The standard InChI is InChI=1S/C9H15N3O3S/c1-6(2)4-12-9(13)8-3-7(5-11-8)16(10,14)15/h3,5-6,11H,4H2,1-2H3,(H,12,13)(H2,10,14,15). The lowest BCUT2D eigenvalue weighted by Gasteiger charge is -2.05. The van der Waals surface area contributed by atoms with Gasteiger partial charge in [-0.05, 0) is 12.0 Å². The van der Waals surface area contributed by atoms with Crippen LogP contribution >= 0.6 is 0 Å². The Morgan fingerprint density at radius 2 is 2.19 bits per heavy atom. The molecule has 7 heteroatoms. The molecule has 0 radical (unpaired) electrons. The molecule has 4 N–H and O–H groups in total. The van der Waals surface area contributed by atoms with E-state index in [0.717, 1.165) is 0 Å². The largest absolute Gasteiger partial charge is 0.356 e. The van der Waals surface area contributed by atoms with E-state index in [0.29, 0.717) is 12.5 Å². The lowest BCUT2D eigenvalue weighted by Crippen LogP contribution is -2.27. The number of primary sulfonamides is 1. The molecule has 0 spiro atoms. The van der Waals surface area contributed by atoms with Gasteiger partial charge in [0.15, 0.2) is 0 Å². The van der Waals surface area contributed by atoms with Crippen molar-refractivity contribution in [2.45, 2.75) is 18.7 Å². The summed E-state index contributed by atoms with van der Waals surface area (Å²) in [5.74, 6) is -0.0137. The van der Waals surface area contributed by atoms with E-state index in [1.54, 1.807) is 0 Å². The number of rotatable bonds is 4. The van der Waals surface area contributed by atoms with Gasteiger partial charge in [0.1, 0.15) is 5.69 Å². The van der Waals surface area contributed by atoms with Crippen LogP contribution in [0.25, 0.3) is 0 Å². The predicted octanol–water partition coefficient (Wildman–Crippen LogP) is 0.0479. The predicted molar refractivity (Wildman–Crippen MR) is 59.3 cm³/mol. The van der Waals surface area contributed by atoms with Crippen LogP contribution in [0.3, 0.4) is 0 Å². The van der Waals surface area contributed by atoms with E-state index in [2.05, 4.69) is 10.3 Å². The second-order valence-corrected chi connectivity index (χ2v) is 5.46. The van der Waals surface area contributed by atoms with E-state index in [-0.39, 0.29) is 16.5 Å². The van der Waals surface area contributed by atoms with Crippen LogP contribution in [0, 0.1) is 5.92 Å². The number of carbonyl (C=O) groups is 1. The van der Waals surface area contributed by atoms with E-state index < -0.39 is 10.0 Å². The van der Waals surface area contributed by atoms with E-state index in [1.807, 2.05) is 13.8 Å². The highest BCUT2D eigenvalue weighted by Crippen LogP contribution is 2.08. The molecule has 0 saturated carbocycles. The highest BCUT2D eigenvalue weighted by Gasteiger charge is 2.14. The molecule has 90 valence electrons. The Balaban J connectivity index is 2.75. The fourth-order valence-corrected chi connectivity index (χ4v) is 1.57. The summed E-state index contributed by atoms with van der Waals surface area (Å²) in [6.45, 7) is 4.46. The van der Waals surface area contributed by atoms with Crippen LogP contribution in [0.2, 0.25) is 0 Å². The maximum atomic E-state index is 11.5. The normalized spacial score (nSPS) is 11.8. The van der Waals surface area contributed by atoms with Crippen LogP contribution in [0.4, 0.5) is 0 Å². The molecular weight excluding hydrogens is 230 g/mol. The Morgan fingerprint density at radius 3 is 2.62 bits per heavy atom. The Labute approximate surface area is 94.3 Å². The number of nitrogens with two attached hydrogens (primary N) is 1. The van der Waals surface area contributed by atoms with E-state index in [9.17, 15) is 13.2 Å². The smallest absolute Gasteiger partial charge is 0.267 e. The number of amides is 1. The van der Waals surface area contributed by atoms with Crippen LogP contribution in [-0.2, 0) is 10.0 Å². The van der Waals surface area contributed by atoms with Crippen LogP contribution in [0.5, 0.6) is 0 Å². The Bertz CT molecular complexity index is 476.